The first kappa shape index (κ1) is 23.2. The van der Waals surface area contributed by atoms with E-state index in [1.165, 1.54) is 0 Å². The maximum absolute atomic E-state index is 12.7. The van der Waals surface area contributed by atoms with Gasteiger partial charge in [0, 0.05) is 0 Å². The van der Waals surface area contributed by atoms with Crippen LogP contribution in [-0.2, 0) is 18.9 Å². The van der Waals surface area contributed by atoms with Crippen LogP contribution in [0.3, 0.4) is 0 Å². The number of carbonyl (C=O) groups is 3. The maximum Gasteiger partial charge on any atom is 0.338 e. The molecule has 1 fully saturated rings. The third-order valence-corrected chi connectivity index (χ3v) is 5.18. The van der Waals surface area contributed by atoms with Gasteiger partial charge in [0.15, 0.2) is 18.5 Å². The number of aliphatic hydroxyl groups excluding tert-OH is 1. The molecule has 1 heterocycles. The molecule has 1 aliphatic rings. The van der Waals surface area contributed by atoms with Crippen molar-refractivity contribution >= 4 is 17.9 Å². The van der Waals surface area contributed by atoms with Crippen molar-refractivity contribution in [3.8, 4) is 0 Å². The molecule has 1 saturated heterocycles. The molecule has 8 heteroatoms. The second-order valence-electron chi connectivity index (χ2n) is 7.50. The Kier molecular flexibility index (Phi) is 7.31. The topological polar surface area (TPSA) is 108 Å². The summed E-state index contributed by atoms with van der Waals surface area (Å²) in [5.74, 6) is -2.05. The SMILES string of the molecule is O=C(OC[C@H]1O[C@H](O)[C@@H](OC(=O)c2ccccc2)C1OC(=O)c1ccccc1)c1ccccc1. The van der Waals surface area contributed by atoms with E-state index in [2.05, 4.69) is 0 Å². The fraction of sp³-hybridized carbons (Fsp3) is 0.192. The van der Waals surface area contributed by atoms with E-state index >= 15 is 0 Å². The molecule has 0 spiro atoms. The zero-order valence-corrected chi connectivity index (χ0v) is 18.0. The van der Waals surface area contributed by atoms with Crippen molar-refractivity contribution in [3.05, 3.63) is 108 Å². The Morgan fingerprint density at radius 3 is 1.53 bits per heavy atom. The van der Waals surface area contributed by atoms with E-state index in [9.17, 15) is 19.5 Å². The summed E-state index contributed by atoms with van der Waals surface area (Å²) >= 11 is 0. The summed E-state index contributed by atoms with van der Waals surface area (Å²) in [6.07, 6.45) is -5.22. The minimum Gasteiger partial charge on any atom is -0.459 e. The molecule has 4 atom stereocenters. The first-order valence-electron chi connectivity index (χ1n) is 10.6. The van der Waals surface area contributed by atoms with Crippen LogP contribution < -0.4 is 0 Å². The minimum absolute atomic E-state index is 0.252. The molecule has 3 aromatic rings. The number of hydrogen-bond donors (Lipinski definition) is 1. The van der Waals surface area contributed by atoms with Crippen LogP contribution in [0, 0.1) is 0 Å². The standard InChI is InChI=1S/C26H22O8/c27-23(17-10-4-1-5-11-17)31-16-20-21(33-24(28)18-12-6-2-7-13-18)22(26(30)32-20)34-25(29)19-14-8-3-9-15-19/h1-15,20-22,26,30H,16H2/t20-,21?,22+,26+/m1/s1. The van der Waals surface area contributed by atoms with Gasteiger partial charge in [-0.25, -0.2) is 14.4 Å². The van der Waals surface area contributed by atoms with Gasteiger partial charge in [-0.15, -0.1) is 0 Å². The summed E-state index contributed by atoms with van der Waals surface area (Å²) in [7, 11) is 0. The first-order valence-corrected chi connectivity index (χ1v) is 10.6. The Balaban J connectivity index is 1.51. The van der Waals surface area contributed by atoms with Gasteiger partial charge in [-0.05, 0) is 36.4 Å². The van der Waals surface area contributed by atoms with Crippen LogP contribution in [-0.4, -0.2) is 54.2 Å². The highest BCUT2D eigenvalue weighted by molar-refractivity contribution is 5.90. The van der Waals surface area contributed by atoms with Gasteiger partial charge in [-0.2, -0.15) is 0 Å². The summed E-state index contributed by atoms with van der Waals surface area (Å²) < 4.78 is 21.8. The van der Waals surface area contributed by atoms with Crippen molar-refractivity contribution < 1.29 is 38.4 Å². The molecule has 1 N–H and O–H groups in total. The highest BCUT2D eigenvalue weighted by Crippen LogP contribution is 2.28. The Hall–Kier alpha value is -4.01. The molecule has 174 valence electrons. The summed E-state index contributed by atoms with van der Waals surface area (Å²) in [6.45, 7) is -0.336. The van der Waals surface area contributed by atoms with E-state index in [4.69, 9.17) is 18.9 Å². The van der Waals surface area contributed by atoms with E-state index in [1.807, 2.05) is 0 Å². The summed E-state index contributed by atoms with van der Waals surface area (Å²) in [4.78, 5) is 37.6. The number of aliphatic hydroxyl groups is 1. The highest BCUT2D eigenvalue weighted by atomic mass is 16.7. The summed E-state index contributed by atoms with van der Waals surface area (Å²) in [6, 6.07) is 24.7. The average molecular weight is 462 g/mol. The van der Waals surface area contributed by atoms with E-state index < -0.39 is 42.5 Å². The lowest BCUT2D eigenvalue weighted by atomic mass is 10.1. The van der Waals surface area contributed by atoms with Crippen molar-refractivity contribution in [2.24, 2.45) is 0 Å². The van der Waals surface area contributed by atoms with E-state index in [1.54, 1.807) is 91.0 Å². The zero-order valence-electron chi connectivity index (χ0n) is 18.0. The van der Waals surface area contributed by atoms with Crippen LogP contribution in [0.1, 0.15) is 31.1 Å². The van der Waals surface area contributed by atoms with Gasteiger partial charge in [0.05, 0.1) is 16.7 Å². The van der Waals surface area contributed by atoms with Gasteiger partial charge in [0.2, 0.25) is 0 Å². The van der Waals surface area contributed by atoms with Gasteiger partial charge in [0.25, 0.3) is 0 Å². The molecule has 1 aliphatic heterocycles. The normalized spacial score (nSPS) is 21.4. The van der Waals surface area contributed by atoms with Crippen LogP contribution in [0.15, 0.2) is 91.0 Å². The molecular formula is C26H22O8. The van der Waals surface area contributed by atoms with Crippen molar-refractivity contribution in [3.63, 3.8) is 0 Å². The molecule has 8 nitrogen and oxygen atoms in total. The van der Waals surface area contributed by atoms with E-state index in [0.717, 1.165) is 0 Å². The van der Waals surface area contributed by atoms with E-state index in [-0.39, 0.29) is 17.7 Å². The Morgan fingerprint density at radius 1 is 0.647 bits per heavy atom. The smallest absolute Gasteiger partial charge is 0.338 e. The largest absolute Gasteiger partial charge is 0.459 e. The Bertz CT molecular complexity index is 1120. The molecule has 1 unspecified atom stereocenters. The second kappa shape index (κ2) is 10.7. The lowest BCUT2D eigenvalue weighted by molar-refractivity contribution is -0.135. The van der Waals surface area contributed by atoms with Crippen molar-refractivity contribution in [1.82, 2.24) is 0 Å². The third kappa shape index (κ3) is 5.48. The van der Waals surface area contributed by atoms with Crippen molar-refractivity contribution in [2.75, 3.05) is 6.61 Å². The third-order valence-electron chi connectivity index (χ3n) is 5.18. The van der Waals surface area contributed by atoms with Gasteiger partial charge >= 0.3 is 17.9 Å². The molecule has 0 radical (unpaired) electrons. The van der Waals surface area contributed by atoms with Gasteiger partial charge < -0.3 is 24.1 Å². The molecule has 0 amide bonds. The number of esters is 3. The number of rotatable bonds is 7. The predicted molar refractivity (Wildman–Crippen MR) is 119 cm³/mol. The number of ether oxygens (including phenoxy) is 4. The average Bonchev–Trinajstić information content (AvgIpc) is 3.17. The minimum atomic E-state index is -1.60. The van der Waals surface area contributed by atoms with Crippen LogP contribution in [0.4, 0.5) is 0 Å². The van der Waals surface area contributed by atoms with Gasteiger partial charge in [-0.3, -0.25) is 0 Å². The molecule has 0 bridgehead atoms. The number of benzene rings is 3. The fourth-order valence-corrected chi connectivity index (χ4v) is 3.46. The van der Waals surface area contributed by atoms with E-state index in [0.29, 0.717) is 5.56 Å². The lowest BCUT2D eigenvalue weighted by Crippen LogP contribution is -2.42. The lowest BCUT2D eigenvalue weighted by Gasteiger charge is -2.23. The predicted octanol–water partition coefficient (Wildman–Crippen LogP) is 3.01. The monoisotopic (exact) mass is 462 g/mol. The van der Waals surface area contributed by atoms with Crippen molar-refractivity contribution in [1.29, 1.82) is 0 Å². The fourth-order valence-electron chi connectivity index (χ4n) is 3.46. The molecule has 34 heavy (non-hydrogen) atoms. The molecule has 4 rings (SSSR count). The molecule has 0 aliphatic carbocycles. The van der Waals surface area contributed by atoms with Crippen LogP contribution in [0.5, 0.6) is 0 Å². The van der Waals surface area contributed by atoms with Crippen LogP contribution >= 0.6 is 0 Å². The second-order valence-corrected chi connectivity index (χ2v) is 7.50. The number of hydrogen-bond acceptors (Lipinski definition) is 8. The molecule has 0 saturated carbocycles. The molecule has 0 aromatic heterocycles. The van der Waals surface area contributed by atoms with Crippen LogP contribution in [0.2, 0.25) is 0 Å². The Morgan fingerprint density at radius 2 is 1.06 bits per heavy atom. The van der Waals surface area contributed by atoms with Crippen molar-refractivity contribution in [2.45, 2.75) is 24.6 Å². The summed E-state index contributed by atoms with van der Waals surface area (Å²) in [5, 5.41) is 10.5. The Labute approximate surface area is 195 Å². The molecular weight excluding hydrogens is 440 g/mol. The van der Waals surface area contributed by atoms with Gasteiger partial charge in [-0.1, -0.05) is 54.6 Å². The number of carbonyl (C=O) groups excluding carboxylic acids is 3. The molecule has 3 aromatic carbocycles. The highest BCUT2D eigenvalue weighted by Gasteiger charge is 2.50. The maximum atomic E-state index is 12.7. The zero-order chi connectivity index (χ0) is 23.9. The quantitative estimate of drug-likeness (QED) is 0.422. The van der Waals surface area contributed by atoms with Crippen LogP contribution in [0.25, 0.3) is 0 Å². The summed E-state index contributed by atoms with van der Waals surface area (Å²) in [5.41, 5.74) is 0.838. The first-order chi connectivity index (χ1) is 16.5. The van der Waals surface area contributed by atoms with Gasteiger partial charge in [0.1, 0.15) is 12.7 Å².